The highest BCUT2D eigenvalue weighted by Gasteiger charge is 2.24. The van der Waals surface area contributed by atoms with Crippen LogP contribution in [0.5, 0.6) is 0 Å². The Morgan fingerprint density at radius 1 is 1.67 bits per heavy atom. The van der Waals surface area contributed by atoms with Crippen LogP contribution in [-0.4, -0.2) is 29.2 Å². The third kappa shape index (κ3) is 1.51. The minimum absolute atomic E-state index is 0.372. The lowest BCUT2D eigenvalue weighted by atomic mass is 10.2. The van der Waals surface area contributed by atoms with Gasteiger partial charge in [-0.1, -0.05) is 6.08 Å². The summed E-state index contributed by atoms with van der Waals surface area (Å²) < 4.78 is 4.83. The molecule has 0 bridgehead atoms. The second kappa shape index (κ2) is 2.47. The fraction of sp³-hybridized carbons (Fsp3) is 0.667. The smallest absolute Gasteiger partial charge is 0.209 e. The van der Waals surface area contributed by atoms with Crippen LogP contribution in [-0.2, 0) is 4.74 Å². The first kappa shape index (κ1) is 6.74. The van der Waals surface area contributed by atoms with Crippen molar-refractivity contribution in [3.05, 3.63) is 12.2 Å². The maximum atomic E-state index is 9.12. The third-order valence-electron chi connectivity index (χ3n) is 1.24. The molecule has 3 nitrogen and oxygen atoms in total. The third-order valence-corrected chi connectivity index (χ3v) is 1.24. The summed E-state index contributed by atoms with van der Waals surface area (Å²) in [7, 11) is 0. The number of hydrogen-bond acceptors (Lipinski definition) is 3. The molecule has 1 heterocycles. The first-order valence-electron chi connectivity index (χ1n) is 2.92. The average molecular weight is 130 g/mol. The second-order valence-corrected chi connectivity index (χ2v) is 2.04. The van der Waals surface area contributed by atoms with Gasteiger partial charge < -0.3 is 14.9 Å². The maximum absolute atomic E-state index is 9.12. The zero-order valence-electron chi connectivity index (χ0n) is 5.08. The van der Waals surface area contributed by atoms with E-state index in [-0.39, 0.29) is 6.61 Å². The van der Waals surface area contributed by atoms with Gasteiger partial charge in [-0.2, -0.15) is 0 Å². The van der Waals surface area contributed by atoms with Gasteiger partial charge in [0.15, 0.2) is 0 Å². The van der Waals surface area contributed by atoms with E-state index in [4.69, 9.17) is 14.9 Å². The molecule has 0 amide bonds. The number of aliphatic hydroxyl groups excluding tert-OH is 1. The number of ether oxygens (including phenoxy) is 1. The average Bonchev–Trinajstić information content (AvgIpc) is 1.90. The molecule has 0 aromatic carbocycles. The van der Waals surface area contributed by atoms with Crippen molar-refractivity contribution in [1.82, 2.24) is 0 Å². The quantitative estimate of drug-likeness (QED) is 0.477. The van der Waals surface area contributed by atoms with Crippen LogP contribution in [0.25, 0.3) is 0 Å². The molecule has 0 saturated heterocycles. The highest BCUT2D eigenvalue weighted by molar-refractivity contribution is 4.97. The molecule has 0 saturated carbocycles. The summed E-state index contributed by atoms with van der Waals surface area (Å²) in [6, 6.07) is 0. The predicted molar refractivity (Wildman–Crippen MR) is 31.7 cm³/mol. The summed E-state index contributed by atoms with van der Waals surface area (Å²) in [6.07, 6.45) is 4.07. The summed E-state index contributed by atoms with van der Waals surface area (Å²) in [6.45, 7) is 0.108. The molecule has 9 heavy (non-hydrogen) atoms. The monoisotopic (exact) mass is 130 g/mol. The summed E-state index contributed by atoms with van der Waals surface area (Å²) in [5.41, 5.74) is 0. The van der Waals surface area contributed by atoms with Gasteiger partial charge >= 0.3 is 0 Å². The summed E-state index contributed by atoms with van der Waals surface area (Å²) in [5, 5.41) is 17.6. The molecule has 1 unspecified atom stereocenters. The maximum Gasteiger partial charge on any atom is 0.209 e. The first-order valence-corrected chi connectivity index (χ1v) is 2.92. The molecule has 0 aliphatic carbocycles. The summed E-state index contributed by atoms with van der Waals surface area (Å²) in [4.78, 5) is 0. The first-order chi connectivity index (χ1) is 4.27. The molecule has 1 aliphatic rings. The molecule has 0 spiro atoms. The highest BCUT2D eigenvalue weighted by atomic mass is 16.6. The van der Waals surface area contributed by atoms with Crippen LogP contribution < -0.4 is 0 Å². The molecule has 1 aliphatic heterocycles. The predicted octanol–water partition coefficient (Wildman–Crippen LogP) is -0.356. The minimum Gasteiger partial charge on any atom is -0.390 e. The molecule has 1 rings (SSSR count). The normalized spacial score (nSPS) is 34.9. The Hall–Kier alpha value is -0.380. The molecule has 3 heteroatoms. The van der Waals surface area contributed by atoms with Crippen LogP contribution in [0.4, 0.5) is 0 Å². The van der Waals surface area contributed by atoms with Gasteiger partial charge in [0.2, 0.25) is 5.79 Å². The van der Waals surface area contributed by atoms with E-state index in [2.05, 4.69) is 0 Å². The number of aliphatic hydroxyl groups is 2. The Morgan fingerprint density at radius 2 is 2.44 bits per heavy atom. The Bertz CT molecular complexity index is 121. The Morgan fingerprint density at radius 3 is 2.78 bits per heavy atom. The van der Waals surface area contributed by atoms with E-state index >= 15 is 0 Å². The molecular weight excluding hydrogens is 120 g/mol. The van der Waals surface area contributed by atoms with E-state index in [9.17, 15) is 0 Å². The standard InChI is InChI=1S/C6H10O3/c7-5-6(8)3-1-2-4-9-6/h1,3,7-8H,2,4-5H2. The number of rotatable bonds is 1. The molecule has 2 N–H and O–H groups in total. The van der Waals surface area contributed by atoms with Crippen molar-refractivity contribution < 1.29 is 14.9 Å². The zero-order valence-corrected chi connectivity index (χ0v) is 5.08. The van der Waals surface area contributed by atoms with Crippen LogP contribution in [0.15, 0.2) is 12.2 Å². The molecule has 0 aromatic rings. The molecule has 0 radical (unpaired) electrons. The van der Waals surface area contributed by atoms with E-state index in [0.29, 0.717) is 6.61 Å². The van der Waals surface area contributed by atoms with Crippen molar-refractivity contribution in [3.63, 3.8) is 0 Å². The molecule has 0 aromatic heterocycles. The Kier molecular flexibility index (Phi) is 1.85. The van der Waals surface area contributed by atoms with Gasteiger partial charge in [0.05, 0.1) is 6.61 Å². The Labute approximate surface area is 53.6 Å². The van der Waals surface area contributed by atoms with Crippen molar-refractivity contribution in [3.8, 4) is 0 Å². The molecule has 52 valence electrons. The van der Waals surface area contributed by atoms with Crippen LogP contribution in [0.1, 0.15) is 6.42 Å². The Balaban J connectivity index is 2.56. The van der Waals surface area contributed by atoms with Crippen molar-refractivity contribution in [2.45, 2.75) is 12.2 Å². The van der Waals surface area contributed by atoms with E-state index in [1.54, 1.807) is 6.08 Å². The summed E-state index contributed by atoms with van der Waals surface area (Å²) >= 11 is 0. The fourth-order valence-electron chi connectivity index (χ4n) is 0.718. The topological polar surface area (TPSA) is 49.7 Å². The van der Waals surface area contributed by atoms with Crippen molar-refractivity contribution in [2.75, 3.05) is 13.2 Å². The summed E-state index contributed by atoms with van der Waals surface area (Å²) in [5.74, 6) is -1.40. The molecule has 0 fully saturated rings. The second-order valence-electron chi connectivity index (χ2n) is 2.04. The fourth-order valence-corrected chi connectivity index (χ4v) is 0.718. The van der Waals surface area contributed by atoms with Gasteiger partial charge in [-0.05, 0) is 12.5 Å². The molecule has 1 atom stereocenters. The van der Waals surface area contributed by atoms with Gasteiger partial charge in [-0.3, -0.25) is 0 Å². The van der Waals surface area contributed by atoms with Crippen LogP contribution in [0.3, 0.4) is 0 Å². The molecular formula is C6H10O3. The van der Waals surface area contributed by atoms with Gasteiger partial charge in [0, 0.05) is 0 Å². The van der Waals surface area contributed by atoms with E-state index < -0.39 is 5.79 Å². The minimum atomic E-state index is -1.40. The highest BCUT2D eigenvalue weighted by Crippen LogP contribution is 2.13. The van der Waals surface area contributed by atoms with Crippen LogP contribution in [0, 0.1) is 0 Å². The zero-order chi connectivity index (χ0) is 6.74. The largest absolute Gasteiger partial charge is 0.390 e. The van der Waals surface area contributed by atoms with Crippen LogP contribution >= 0.6 is 0 Å². The van der Waals surface area contributed by atoms with Crippen molar-refractivity contribution in [1.29, 1.82) is 0 Å². The van der Waals surface area contributed by atoms with Gasteiger partial charge in [0.1, 0.15) is 6.61 Å². The van der Waals surface area contributed by atoms with E-state index in [0.717, 1.165) is 6.42 Å². The van der Waals surface area contributed by atoms with Gasteiger partial charge in [-0.15, -0.1) is 0 Å². The van der Waals surface area contributed by atoms with Gasteiger partial charge in [-0.25, -0.2) is 0 Å². The van der Waals surface area contributed by atoms with Crippen molar-refractivity contribution >= 4 is 0 Å². The number of hydrogen-bond donors (Lipinski definition) is 2. The van der Waals surface area contributed by atoms with Gasteiger partial charge in [0.25, 0.3) is 0 Å². The van der Waals surface area contributed by atoms with Crippen LogP contribution in [0.2, 0.25) is 0 Å². The van der Waals surface area contributed by atoms with E-state index in [1.807, 2.05) is 0 Å². The lowest BCUT2D eigenvalue weighted by Gasteiger charge is -2.24. The lowest BCUT2D eigenvalue weighted by molar-refractivity contribution is -0.193. The lowest BCUT2D eigenvalue weighted by Crippen LogP contribution is -2.36. The van der Waals surface area contributed by atoms with Crippen molar-refractivity contribution in [2.24, 2.45) is 0 Å². The SMILES string of the molecule is OCC1(O)C=CCCO1. The van der Waals surface area contributed by atoms with E-state index in [1.165, 1.54) is 6.08 Å².